The smallest absolute Gasteiger partial charge is 0.224 e. The molecule has 2 aliphatic carbocycles. The Morgan fingerprint density at radius 2 is 1.81 bits per heavy atom. The number of carbonyl (C=O) groups excluding carboxylic acids is 1. The first-order valence-electron chi connectivity index (χ1n) is 6.39. The molecule has 0 heterocycles. The van der Waals surface area contributed by atoms with Crippen molar-refractivity contribution in [1.29, 1.82) is 0 Å². The number of rotatable bonds is 3. The molecule has 92 valence electrons. The number of nitrogens with one attached hydrogen (secondary N) is 1. The average Bonchev–Trinajstić information content (AvgIpc) is 2.90. The molecular formula is C13H22ClNO. The van der Waals surface area contributed by atoms with Crippen LogP contribution in [0.4, 0.5) is 0 Å². The van der Waals surface area contributed by atoms with Crippen molar-refractivity contribution in [2.75, 3.05) is 0 Å². The Bertz CT molecular complexity index is 276. The maximum atomic E-state index is 12.1. The lowest BCUT2D eigenvalue weighted by molar-refractivity contribution is -0.124. The van der Waals surface area contributed by atoms with Gasteiger partial charge < -0.3 is 5.32 Å². The van der Waals surface area contributed by atoms with Gasteiger partial charge in [-0.2, -0.15) is 0 Å². The van der Waals surface area contributed by atoms with E-state index in [0.29, 0.717) is 11.8 Å². The highest BCUT2D eigenvalue weighted by molar-refractivity contribution is 6.21. The highest BCUT2D eigenvalue weighted by Crippen LogP contribution is 2.55. The molecule has 2 aliphatic rings. The Morgan fingerprint density at radius 1 is 1.31 bits per heavy atom. The molecule has 2 fully saturated rings. The zero-order chi connectivity index (χ0) is 11.9. The Kier molecular flexibility index (Phi) is 3.22. The van der Waals surface area contributed by atoms with Crippen molar-refractivity contribution in [3.05, 3.63) is 0 Å². The van der Waals surface area contributed by atoms with Crippen LogP contribution in [0.5, 0.6) is 0 Å². The fourth-order valence-electron chi connectivity index (χ4n) is 2.88. The topological polar surface area (TPSA) is 29.1 Å². The van der Waals surface area contributed by atoms with Crippen LogP contribution in [0.15, 0.2) is 0 Å². The Hall–Kier alpha value is -0.240. The minimum atomic E-state index is -0.301. The zero-order valence-corrected chi connectivity index (χ0v) is 11.2. The van der Waals surface area contributed by atoms with E-state index in [2.05, 4.69) is 5.32 Å². The number of halogens is 1. The van der Waals surface area contributed by atoms with Gasteiger partial charge in [-0.05, 0) is 45.4 Å². The van der Waals surface area contributed by atoms with Crippen molar-refractivity contribution in [2.45, 2.75) is 57.4 Å². The normalized spacial score (nSPS) is 35.1. The number of hydrogen-bond donors (Lipinski definition) is 1. The van der Waals surface area contributed by atoms with Crippen molar-refractivity contribution >= 4 is 17.5 Å². The maximum Gasteiger partial charge on any atom is 0.224 e. The number of fused-ring (bicyclic) bond motifs is 1. The van der Waals surface area contributed by atoms with Crippen LogP contribution in [0.25, 0.3) is 0 Å². The van der Waals surface area contributed by atoms with Crippen LogP contribution in [0, 0.1) is 17.8 Å². The fraction of sp³-hybridized carbons (Fsp3) is 0.923. The second-order valence-electron chi connectivity index (χ2n) is 5.96. The first-order chi connectivity index (χ1) is 7.43. The van der Waals surface area contributed by atoms with E-state index in [-0.39, 0.29) is 22.7 Å². The number of amides is 1. The molecule has 2 nitrogen and oxygen atoms in total. The third-order valence-corrected chi connectivity index (χ3v) is 4.94. The van der Waals surface area contributed by atoms with Crippen molar-refractivity contribution in [1.82, 2.24) is 5.32 Å². The lowest BCUT2D eigenvalue weighted by Crippen LogP contribution is -2.49. The largest absolute Gasteiger partial charge is 0.349 e. The standard InChI is InChI=1S/C13H22ClNO/c1-8(14)13(2,3)15-12(16)11-9-6-4-5-7-10(9)11/h8-11H,4-7H2,1-3H3,(H,15,16). The molecular weight excluding hydrogens is 222 g/mol. The van der Waals surface area contributed by atoms with Gasteiger partial charge in [-0.1, -0.05) is 12.8 Å². The molecule has 2 rings (SSSR count). The molecule has 3 unspecified atom stereocenters. The third-order valence-electron chi connectivity index (χ3n) is 4.40. The van der Waals surface area contributed by atoms with Crippen LogP contribution in [-0.2, 0) is 4.79 Å². The molecule has 0 spiro atoms. The van der Waals surface area contributed by atoms with Gasteiger partial charge in [0.1, 0.15) is 0 Å². The summed E-state index contributed by atoms with van der Waals surface area (Å²) in [4.78, 5) is 12.1. The second-order valence-corrected chi connectivity index (χ2v) is 6.62. The van der Waals surface area contributed by atoms with Gasteiger partial charge in [-0.3, -0.25) is 4.79 Å². The molecule has 0 aliphatic heterocycles. The van der Waals surface area contributed by atoms with E-state index in [1.165, 1.54) is 25.7 Å². The summed E-state index contributed by atoms with van der Waals surface area (Å²) in [6.45, 7) is 5.92. The predicted octanol–water partition coefficient (Wildman–Crippen LogP) is 2.94. The molecule has 0 radical (unpaired) electrons. The molecule has 3 heteroatoms. The quantitative estimate of drug-likeness (QED) is 0.759. The fourth-order valence-corrected chi connectivity index (χ4v) is 2.94. The molecule has 0 saturated heterocycles. The molecule has 16 heavy (non-hydrogen) atoms. The summed E-state index contributed by atoms with van der Waals surface area (Å²) < 4.78 is 0. The maximum absolute atomic E-state index is 12.1. The molecule has 0 aromatic heterocycles. The zero-order valence-electron chi connectivity index (χ0n) is 10.4. The number of hydrogen-bond acceptors (Lipinski definition) is 1. The monoisotopic (exact) mass is 243 g/mol. The highest BCUT2D eigenvalue weighted by atomic mass is 35.5. The molecule has 0 aromatic carbocycles. The first kappa shape index (κ1) is 12.2. The summed E-state index contributed by atoms with van der Waals surface area (Å²) >= 11 is 6.08. The van der Waals surface area contributed by atoms with E-state index in [9.17, 15) is 4.79 Å². The Balaban J connectivity index is 1.90. The Morgan fingerprint density at radius 3 is 2.25 bits per heavy atom. The van der Waals surface area contributed by atoms with E-state index in [0.717, 1.165) is 0 Å². The number of alkyl halides is 1. The second kappa shape index (κ2) is 4.21. The molecule has 3 atom stereocenters. The molecule has 2 saturated carbocycles. The van der Waals surface area contributed by atoms with Crippen LogP contribution in [-0.4, -0.2) is 16.8 Å². The van der Waals surface area contributed by atoms with Gasteiger partial charge >= 0.3 is 0 Å². The average molecular weight is 244 g/mol. The van der Waals surface area contributed by atoms with Gasteiger partial charge in [-0.25, -0.2) is 0 Å². The third kappa shape index (κ3) is 2.22. The van der Waals surface area contributed by atoms with Gasteiger partial charge in [0.05, 0.1) is 10.9 Å². The SMILES string of the molecule is CC(Cl)C(C)(C)NC(=O)C1C2CCCCC21. The summed E-state index contributed by atoms with van der Waals surface area (Å²) in [5.41, 5.74) is -0.301. The number of carbonyl (C=O) groups is 1. The van der Waals surface area contributed by atoms with Crippen molar-refractivity contribution in [2.24, 2.45) is 17.8 Å². The van der Waals surface area contributed by atoms with Gasteiger partial charge in [0.25, 0.3) is 0 Å². The van der Waals surface area contributed by atoms with Crippen molar-refractivity contribution < 1.29 is 4.79 Å². The van der Waals surface area contributed by atoms with Gasteiger partial charge in [0.15, 0.2) is 0 Å². The molecule has 0 bridgehead atoms. The van der Waals surface area contributed by atoms with E-state index in [4.69, 9.17) is 11.6 Å². The summed E-state index contributed by atoms with van der Waals surface area (Å²) in [5, 5.41) is 3.06. The van der Waals surface area contributed by atoms with Gasteiger partial charge in [0, 0.05) is 5.92 Å². The first-order valence-corrected chi connectivity index (χ1v) is 6.83. The van der Waals surface area contributed by atoms with E-state index >= 15 is 0 Å². The van der Waals surface area contributed by atoms with Gasteiger partial charge in [0.2, 0.25) is 5.91 Å². The Labute approximate surface area is 103 Å². The molecule has 1 amide bonds. The summed E-state index contributed by atoms with van der Waals surface area (Å²) in [6.07, 6.45) is 5.11. The van der Waals surface area contributed by atoms with Crippen LogP contribution in [0.2, 0.25) is 0 Å². The lowest BCUT2D eigenvalue weighted by atomic mass is 10.0. The minimum Gasteiger partial charge on any atom is -0.349 e. The van der Waals surface area contributed by atoms with Crippen LogP contribution in [0.3, 0.4) is 0 Å². The lowest BCUT2D eigenvalue weighted by Gasteiger charge is -2.29. The molecule has 1 N–H and O–H groups in total. The van der Waals surface area contributed by atoms with Crippen LogP contribution < -0.4 is 5.32 Å². The predicted molar refractivity (Wildman–Crippen MR) is 66.5 cm³/mol. The summed E-state index contributed by atoms with van der Waals surface area (Å²) in [6, 6.07) is 0. The summed E-state index contributed by atoms with van der Waals surface area (Å²) in [7, 11) is 0. The van der Waals surface area contributed by atoms with E-state index < -0.39 is 0 Å². The summed E-state index contributed by atoms with van der Waals surface area (Å²) in [5.74, 6) is 1.87. The van der Waals surface area contributed by atoms with Crippen molar-refractivity contribution in [3.8, 4) is 0 Å². The van der Waals surface area contributed by atoms with Crippen molar-refractivity contribution in [3.63, 3.8) is 0 Å². The van der Waals surface area contributed by atoms with E-state index in [1.807, 2.05) is 20.8 Å². The molecule has 0 aromatic rings. The minimum absolute atomic E-state index is 0.0442. The van der Waals surface area contributed by atoms with E-state index in [1.54, 1.807) is 0 Å². The van der Waals surface area contributed by atoms with Crippen LogP contribution >= 0.6 is 11.6 Å². The van der Waals surface area contributed by atoms with Crippen LogP contribution in [0.1, 0.15) is 46.5 Å². The highest BCUT2D eigenvalue weighted by Gasteiger charge is 2.55. The van der Waals surface area contributed by atoms with Gasteiger partial charge in [-0.15, -0.1) is 11.6 Å².